The number of azo groups is 1. The first-order valence-corrected chi connectivity index (χ1v) is 12.3. The van der Waals surface area contributed by atoms with Crippen LogP contribution in [-0.2, 0) is 21.6 Å². The van der Waals surface area contributed by atoms with Gasteiger partial charge in [0.1, 0.15) is 0 Å². The Bertz CT molecular complexity index is 1280. The minimum absolute atomic E-state index is 0.0877. The summed E-state index contributed by atoms with van der Waals surface area (Å²) in [6.07, 6.45) is -1.58. The van der Waals surface area contributed by atoms with Crippen molar-refractivity contribution in [3.8, 4) is 11.1 Å². The summed E-state index contributed by atoms with van der Waals surface area (Å²) in [6.45, 7) is 1.20. The maximum atomic E-state index is 13.7. The molecule has 3 N–H and O–H groups in total. The fourth-order valence-electron chi connectivity index (χ4n) is 4.33. The molecule has 2 aromatic carbocycles. The quantitative estimate of drug-likeness (QED) is 0.487. The number of nitrogens with two attached hydrogens (primary N) is 1. The average molecular weight is 493 g/mol. The highest BCUT2D eigenvalue weighted by molar-refractivity contribution is 7.90. The van der Waals surface area contributed by atoms with E-state index < -0.39 is 32.0 Å². The largest absolute Gasteiger partial charge is 0.417 e. The van der Waals surface area contributed by atoms with E-state index in [1.807, 2.05) is 4.90 Å². The predicted octanol–water partition coefficient (Wildman–Crippen LogP) is 3.80. The first-order chi connectivity index (χ1) is 15.9. The highest BCUT2D eigenvalue weighted by Crippen LogP contribution is 2.41. The third-order valence-electron chi connectivity index (χ3n) is 6.15. The van der Waals surface area contributed by atoms with Gasteiger partial charge in [0.2, 0.25) is 0 Å². The molecular weight excluding hydrogens is 469 g/mol. The first-order valence-electron chi connectivity index (χ1n) is 10.4. The minimum Gasteiger partial charge on any atom is -0.363 e. The summed E-state index contributed by atoms with van der Waals surface area (Å²) in [7, 11) is -4.30. The number of piperidine rings is 1. The van der Waals surface area contributed by atoms with Crippen molar-refractivity contribution in [1.29, 1.82) is 5.41 Å². The van der Waals surface area contributed by atoms with E-state index in [2.05, 4.69) is 15.2 Å². The van der Waals surface area contributed by atoms with Crippen LogP contribution in [0, 0.1) is 5.41 Å². The molecule has 0 atom stereocenters. The normalized spacial score (nSPS) is 18.1. The Labute approximate surface area is 194 Å². The van der Waals surface area contributed by atoms with Crippen LogP contribution in [0.15, 0.2) is 56.5 Å². The van der Waals surface area contributed by atoms with E-state index in [1.165, 1.54) is 12.4 Å². The molecule has 180 valence electrons. The van der Waals surface area contributed by atoms with Gasteiger partial charge in [-0.2, -0.15) is 18.3 Å². The second-order valence-corrected chi connectivity index (χ2v) is 10.4. The molecule has 0 saturated carbocycles. The van der Waals surface area contributed by atoms with Crippen LogP contribution < -0.4 is 5.73 Å². The van der Waals surface area contributed by atoms with Gasteiger partial charge in [-0.25, -0.2) is 13.4 Å². The molecule has 0 spiro atoms. The summed E-state index contributed by atoms with van der Waals surface area (Å²) in [4.78, 5) is 5.02. The molecule has 0 unspecified atom stereocenters. The van der Waals surface area contributed by atoms with Crippen molar-refractivity contribution in [2.75, 3.05) is 26.0 Å². The topological polar surface area (TPSA) is 124 Å². The van der Waals surface area contributed by atoms with E-state index >= 15 is 0 Å². The maximum Gasteiger partial charge on any atom is 0.417 e. The molecule has 8 nitrogen and oxygen atoms in total. The van der Waals surface area contributed by atoms with E-state index in [0.29, 0.717) is 31.5 Å². The summed E-state index contributed by atoms with van der Waals surface area (Å²) >= 11 is 0. The van der Waals surface area contributed by atoms with Gasteiger partial charge in [-0.05, 0) is 35.6 Å². The van der Waals surface area contributed by atoms with Crippen LogP contribution in [0.2, 0.25) is 0 Å². The number of sulfone groups is 1. The molecule has 0 aliphatic carbocycles. The summed E-state index contributed by atoms with van der Waals surface area (Å²) in [5, 5.41) is 14.9. The first kappa shape index (κ1) is 24.0. The number of amidine groups is 1. The predicted molar refractivity (Wildman–Crippen MR) is 122 cm³/mol. The molecule has 0 bridgehead atoms. The average Bonchev–Trinajstić information content (AvgIpc) is 3.32. The van der Waals surface area contributed by atoms with E-state index in [1.54, 1.807) is 24.3 Å². The number of halogens is 3. The van der Waals surface area contributed by atoms with Gasteiger partial charge in [0.25, 0.3) is 0 Å². The lowest BCUT2D eigenvalue weighted by molar-refractivity contribution is -0.139. The van der Waals surface area contributed by atoms with Crippen molar-refractivity contribution >= 4 is 22.0 Å². The van der Waals surface area contributed by atoms with E-state index in [-0.39, 0.29) is 23.6 Å². The van der Waals surface area contributed by atoms with Crippen LogP contribution in [0.3, 0.4) is 0 Å². The van der Waals surface area contributed by atoms with Gasteiger partial charge < -0.3 is 10.6 Å². The Morgan fingerprint density at radius 3 is 2.26 bits per heavy atom. The number of alkyl halides is 3. The Hall–Kier alpha value is -3.12. The molecule has 2 aromatic rings. The van der Waals surface area contributed by atoms with Gasteiger partial charge in [0.05, 0.1) is 16.8 Å². The summed E-state index contributed by atoms with van der Waals surface area (Å²) in [6, 6.07) is 9.02. The van der Waals surface area contributed by atoms with Crippen molar-refractivity contribution in [3.63, 3.8) is 0 Å². The van der Waals surface area contributed by atoms with Crippen molar-refractivity contribution in [3.05, 3.63) is 53.1 Å². The zero-order chi connectivity index (χ0) is 24.7. The lowest BCUT2D eigenvalue weighted by atomic mass is 9.81. The Morgan fingerprint density at radius 1 is 1.12 bits per heavy atom. The number of benzene rings is 2. The van der Waals surface area contributed by atoms with Gasteiger partial charge >= 0.3 is 6.18 Å². The maximum absolute atomic E-state index is 13.7. The fourth-order valence-corrected chi connectivity index (χ4v) is 5.49. The zero-order valence-electron chi connectivity index (χ0n) is 18.3. The van der Waals surface area contributed by atoms with Crippen LogP contribution >= 0.6 is 0 Å². The van der Waals surface area contributed by atoms with Crippen molar-refractivity contribution in [1.82, 2.24) is 4.90 Å². The summed E-state index contributed by atoms with van der Waals surface area (Å²) < 4.78 is 66.3. The molecule has 34 heavy (non-hydrogen) atoms. The Kier molecular flexibility index (Phi) is 6.06. The second kappa shape index (κ2) is 8.58. The molecular formula is C22H23F3N6O2S. The van der Waals surface area contributed by atoms with Gasteiger partial charge in [0.15, 0.2) is 22.3 Å². The number of hydrogen-bond donors (Lipinski definition) is 2. The zero-order valence-corrected chi connectivity index (χ0v) is 19.1. The van der Waals surface area contributed by atoms with Crippen LogP contribution in [0.5, 0.6) is 0 Å². The van der Waals surface area contributed by atoms with Crippen LogP contribution in [0.4, 0.5) is 13.2 Å². The minimum atomic E-state index is -4.89. The molecule has 2 aliphatic heterocycles. The molecule has 0 radical (unpaired) electrons. The third-order valence-corrected chi connectivity index (χ3v) is 7.32. The molecule has 2 aliphatic rings. The van der Waals surface area contributed by atoms with E-state index in [9.17, 15) is 21.6 Å². The number of hydrogen-bond acceptors (Lipinski definition) is 7. The van der Waals surface area contributed by atoms with Crippen LogP contribution in [0.25, 0.3) is 11.1 Å². The standard InChI is InChI=1S/C22H23F3N6O2S/c1-34(32,33)19-17(22(23,24)25)7-6-16(18(19)20-28-13-29-30-20)14-2-4-15(5-3-14)21(27)8-10-31(12-26)11-9-21/h2-7,12,26H,8-11,13,27H2,1H3. The molecule has 1 saturated heterocycles. The van der Waals surface area contributed by atoms with E-state index in [0.717, 1.165) is 17.9 Å². The molecule has 0 amide bonds. The second-order valence-electron chi connectivity index (χ2n) is 8.40. The number of nitrogens with zero attached hydrogens (tertiary/aromatic N) is 4. The summed E-state index contributed by atoms with van der Waals surface area (Å²) in [5.41, 5.74) is 6.15. The van der Waals surface area contributed by atoms with Crippen molar-refractivity contribution < 1.29 is 21.6 Å². The third kappa shape index (κ3) is 4.47. The molecule has 0 aromatic heterocycles. The molecule has 1 fully saturated rings. The Morgan fingerprint density at radius 2 is 1.76 bits per heavy atom. The lowest BCUT2D eigenvalue weighted by Gasteiger charge is -2.38. The highest BCUT2D eigenvalue weighted by atomic mass is 32.2. The van der Waals surface area contributed by atoms with Gasteiger partial charge in [-0.1, -0.05) is 30.3 Å². The molecule has 12 heteroatoms. The number of rotatable bonds is 5. The monoisotopic (exact) mass is 492 g/mol. The van der Waals surface area contributed by atoms with Crippen LogP contribution in [0.1, 0.15) is 29.5 Å². The number of nitrogens with one attached hydrogen (secondary N) is 1. The van der Waals surface area contributed by atoms with Crippen LogP contribution in [-0.4, -0.2) is 51.5 Å². The highest BCUT2D eigenvalue weighted by Gasteiger charge is 2.40. The SMILES string of the molecule is CS(=O)(=O)c1c(C(F)(F)F)ccc(-c2ccc(C3(N)CCN(C=N)CC3)cc2)c1C1=NCN=N1. The van der Waals surface area contributed by atoms with E-state index in [4.69, 9.17) is 11.1 Å². The fraction of sp³-hybridized carbons (Fsp3) is 0.364. The van der Waals surface area contributed by atoms with Crippen molar-refractivity contribution in [2.45, 2.75) is 29.5 Å². The van der Waals surface area contributed by atoms with Gasteiger partial charge in [-0.3, -0.25) is 5.41 Å². The molecule has 4 rings (SSSR count). The smallest absolute Gasteiger partial charge is 0.363 e. The lowest BCUT2D eigenvalue weighted by Crippen LogP contribution is -2.47. The van der Waals surface area contributed by atoms with Crippen molar-refractivity contribution in [2.24, 2.45) is 21.0 Å². The molecule has 2 heterocycles. The Balaban J connectivity index is 1.84. The number of aliphatic imine (C=N–C) groups is 1. The number of likely N-dealkylation sites (tertiary alicyclic amines) is 1. The summed E-state index contributed by atoms with van der Waals surface area (Å²) in [5.74, 6) is -0.153. The van der Waals surface area contributed by atoms with Gasteiger partial charge in [0, 0.05) is 30.4 Å². The van der Waals surface area contributed by atoms with Gasteiger partial charge in [-0.15, -0.1) is 5.11 Å².